The van der Waals surface area contributed by atoms with Gasteiger partial charge in [-0.2, -0.15) is 0 Å². The molecule has 0 aromatic heterocycles. The van der Waals surface area contributed by atoms with Crippen molar-refractivity contribution in [1.82, 2.24) is 10.2 Å². The maximum Gasteiger partial charge on any atom is 0.412 e. The Morgan fingerprint density at radius 2 is 1.78 bits per heavy atom. The Hall–Kier alpha value is -4.17. The second-order valence-corrected chi connectivity index (χ2v) is 12.6. The van der Waals surface area contributed by atoms with Gasteiger partial charge in [0, 0.05) is 54.4 Å². The van der Waals surface area contributed by atoms with Gasteiger partial charge in [0.15, 0.2) is 11.4 Å². The molecule has 0 heterocycles. The van der Waals surface area contributed by atoms with Gasteiger partial charge >= 0.3 is 6.09 Å². The molecule has 6 atom stereocenters. The lowest BCUT2D eigenvalue weighted by atomic mass is 9.54. The van der Waals surface area contributed by atoms with Gasteiger partial charge in [0.1, 0.15) is 23.2 Å². The van der Waals surface area contributed by atoms with E-state index in [1.54, 1.807) is 51.3 Å². The number of fused-ring (bicyclic) bond motifs is 3. The first-order chi connectivity index (χ1) is 21.1. The molecule has 13 nitrogen and oxygen atoms in total. The van der Waals surface area contributed by atoms with Crippen LogP contribution in [0.5, 0.6) is 11.5 Å². The Labute approximate surface area is 263 Å². The summed E-state index contributed by atoms with van der Waals surface area (Å²) in [6, 6.07) is 6.77. The molecule has 2 aromatic carbocycles. The van der Waals surface area contributed by atoms with Gasteiger partial charge in [-0.1, -0.05) is 11.6 Å². The summed E-state index contributed by atoms with van der Waals surface area (Å²) < 4.78 is 5.24. The fraction of sp³-hybridized carbons (Fsp3) is 0.419. The van der Waals surface area contributed by atoms with Crippen LogP contribution in [0.15, 0.2) is 35.9 Å². The third-order valence-corrected chi connectivity index (χ3v) is 9.33. The minimum Gasteiger partial charge on any atom is -0.507 e. The van der Waals surface area contributed by atoms with Gasteiger partial charge in [0.25, 0.3) is 0 Å². The summed E-state index contributed by atoms with van der Waals surface area (Å²) in [4.78, 5) is 55.6. The monoisotopic (exact) mass is 642 g/mol. The van der Waals surface area contributed by atoms with E-state index in [2.05, 4.69) is 5.32 Å². The number of anilines is 1. The lowest BCUT2D eigenvalue weighted by Gasteiger charge is -2.53. The minimum atomic E-state index is -2.75. The van der Waals surface area contributed by atoms with E-state index in [9.17, 15) is 39.6 Å². The first kappa shape index (κ1) is 32.2. The number of nitrogens with two attached hydrogens (primary N) is 1. The number of hydrogen-bond donors (Lipinski definition) is 6. The molecule has 0 radical (unpaired) electrons. The normalized spacial score (nSPS) is 27.4. The van der Waals surface area contributed by atoms with Gasteiger partial charge in [-0.25, -0.2) is 4.79 Å². The minimum absolute atomic E-state index is 0.00563. The molecule has 45 heavy (non-hydrogen) atoms. The summed E-state index contributed by atoms with van der Waals surface area (Å²) in [6.07, 6.45) is -2.24. The summed E-state index contributed by atoms with van der Waals surface area (Å²) in [5.74, 6) is -7.99. The molecule has 5 rings (SSSR count). The number of hydrogen-bond acceptors (Lipinski definition) is 11. The number of Topliss-reactive ketones (excluding diaryl/α,β-unsaturated/α-hetero) is 2. The molecule has 2 fully saturated rings. The Morgan fingerprint density at radius 3 is 2.36 bits per heavy atom. The van der Waals surface area contributed by atoms with Crippen molar-refractivity contribution in [3.8, 4) is 11.5 Å². The van der Waals surface area contributed by atoms with Crippen LogP contribution in [-0.4, -0.2) is 94.8 Å². The maximum atomic E-state index is 14.1. The van der Waals surface area contributed by atoms with Crippen LogP contribution < -0.4 is 20.7 Å². The van der Waals surface area contributed by atoms with Crippen molar-refractivity contribution in [2.45, 2.75) is 37.1 Å². The van der Waals surface area contributed by atoms with Crippen molar-refractivity contribution in [1.29, 1.82) is 0 Å². The maximum absolute atomic E-state index is 14.1. The lowest BCUT2D eigenvalue weighted by Crippen LogP contribution is -2.73. The summed E-state index contributed by atoms with van der Waals surface area (Å²) in [6.45, 7) is -0.223. The van der Waals surface area contributed by atoms with Gasteiger partial charge in [-0.05, 0) is 68.8 Å². The number of primary amides is 1. The number of aromatic hydroxyl groups is 1. The van der Waals surface area contributed by atoms with Crippen molar-refractivity contribution in [3.05, 3.63) is 57.6 Å². The van der Waals surface area contributed by atoms with Crippen LogP contribution >= 0.6 is 11.6 Å². The zero-order valence-electron chi connectivity index (χ0n) is 25.1. The predicted molar refractivity (Wildman–Crippen MR) is 163 cm³/mol. The summed E-state index contributed by atoms with van der Waals surface area (Å²) in [5, 5.41) is 48.8. The highest BCUT2D eigenvalue weighted by Gasteiger charge is 2.67. The number of ether oxygens (including phenoxy) is 1. The molecule has 2 unspecified atom stereocenters. The molecule has 0 bridgehead atoms. The molecular weight excluding hydrogens is 608 g/mol. The Kier molecular flexibility index (Phi) is 8.34. The number of phenolic OH excluding ortho intramolecular Hbond substituents is 1. The number of likely N-dealkylation sites (N-methyl/N-ethyl adjacent to an activating group) is 1. The SMILES string of the molecule is CN(C)c1cc(CNC(=O)Oc2ccc(Cl)cc2)c(O)c2c1C[C@H]1C[C@H]3[C@H](N(C)C)C(O)C(C(N)=O)C(=O)[C@@]3(O)C(=O)C1=C2O. The first-order valence-electron chi connectivity index (χ1n) is 14.2. The summed E-state index contributed by atoms with van der Waals surface area (Å²) >= 11 is 5.87. The van der Waals surface area contributed by atoms with Crippen molar-refractivity contribution < 1.29 is 44.3 Å². The average Bonchev–Trinajstić information content (AvgIpc) is 2.95. The fourth-order valence-electron chi connectivity index (χ4n) is 7.05. The number of carbonyl (C=O) groups excluding carboxylic acids is 4. The highest BCUT2D eigenvalue weighted by atomic mass is 35.5. The van der Waals surface area contributed by atoms with Crippen LogP contribution in [0.1, 0.15) is 23.1 Å². The van der Waals surface area contributed by atoms with Gasteiger partial charge in [0.2, 0.25) is 11.7 Å². The number of halogens is 1. The van der Waals surface area contributed by atoms with Gasteiger partial charge < -0.3 is 46.0 Å². The highest BCUT2D eigenvalue weighted by Crippen LogP contribution is 2.53. The molecule has 2 amide bonds. The van der Waals surface area contributed by atoms with E-state index in [1.807, 2.05) is 0 Å². The second-order valence-electron chi connectivity index (χ2n) is 12.1. The molecule has 240 valence electrons. The quantitative estimate of drug-likeness (QED) is 0.247. The van der Waals surface area contributed by atoms with Crippen LogP contribution in [0.3, 0.4) is 0 Å². The fourth-order valence-corrected chi connectivity index (χ4v) is 7.18. The number of aliphatic hydroxyl groups is 3. The van der Waals surface area contributed by atoms with Gasteiger partial charge in [-0.15, -0.1) is 0 Å². The largest absolute Gasteiger partial charge is 0.507 e. The van der Waals surface area contributed by atoms with E-state index in [4.69, 9.17) is 22.1 Å². The number of phenols is 1. The van der Waals surface area contributed by atoms with Crippen LogP contribution in [-0.2, 0) is 27.3 Å². The molecule has 0 saturated heterocycles. The average molecular weight is 643 g/mol. The number of ketones is 2. The van der Waals surface area contributed by atoms with Crippen molar-refractivity contribution in [2.24, 2.45) is 23.5 Å². The molecule has 0 spiro atoms. The molecule has 2 saturated carbocycles. The second kappa shape index (κ2) is 11.6. The third-order valence-electron chi connectivity index (χ3n) is 9.07. The van der Waals surface area contributed by atoms with Crippen molar-refractivity contribution in [2.75, 3.05) is 33.1 Å². The number of carbonyl (C=O) groups is 4. The molecule has 7 N–H and O–H groups in total. The molecule has 3 aliphatic carbocycles. The van der Waals surface area contributed by atoms with E-state index in [-0.39, 0.29) is 41.8 Å². The van der Waals surface area contributed by atoms with E-state index >= 15 is 0 Å². The number of amides is 2. The standard InChI is InChI=1S/C31H35ClN4O9/c1-35(2)19-11-14(12-34-30(43)45-16-7-5-15(32)6-8-16)24(37)21-17(19)9-13-10-18-23(36(3)4)26(39)22(29(33)42)28(41)31(18,44)27(40)20(13)25(21)38/h5-8,11,13,18,22-23,26,37-39,44H,9-10,12H2,1-4H3,(H2,33,42)(H,34,43)/t13-,18-,22?,23-,26?,31-/m0/s1. The zero-order chi connectivity index (χ0) is 33.1. The smallest absolute Gasteiger partial charge is 0.412 e. The molecule has 3 aliphatic rings. The van der Waals surface area contributed by atoms with Crippen molar-refractivity contribution >= 4 is 46.6 Å². The van der Waals surface area contributed by atoms with E-state index in [0.29, 0.717) is 16.3 Å². The number of nitrogens with one attached hydrogen (secondary N) is 1. The topological polar surface area (TPSA) is 203 Å². The van der Waals surface area contributed by atoms with Gasteiger partial charge in [-0.3, -0.25) is 14.4 Å². The number of rotatable bonds is 6. The highest BCUT2D eigenvalue weighted by molar-refractivity contribution is 6.30. The number of nitrogens with zero attached hydrogens (tertiary/aromatic N) is 2. The van der Waals surface area contributed by atoms with E-state index in [0.717, 1.165) is 0 Å². The number of benzene rings is 2. The first-order valence-corrected chi connectivity index (χ1v) is 14.6. The van der Waals surface area contributed by atoms with E-state index < -0.39 is 70.6 Å². The lowest BCUT2D eigenvalue weighted by molar-refractivity contribution is -0.184. The predicted octanol–water partition coefficient (Wildman–Crippen LogP) is 1.14. The summed E-state index contributed by atoms with van der Waals surface area (Å²) in [7, 11) is 6.69. The van der Waals surface area contributed by atoms with Gasteiger partial charge in [0.05, 0.1) is 11.7 Å². The third kappa shape index (κ3) is 5.19. The zero-order valence-corrected chi connectivity index (χ0v) is 25.8. The molecule has 14 heteroatoms. The van der Waals surface area contributed by atoms with Crippen molar-refractivity contribution in [3.63, 3.8) is 0 Å². The molecule has 2 aromatic rings. The van der Waals surface area contributed by atoms with Crippen LogP contribution in [0, 0.1) is 17.8 Å². The Morgan fingerprint density at radius 1 is 1.13 bits per heavy atom. The van der Waals surface area contributed by atoms with Crippen LogP contribution in [0.25, 0.3) is 5.76 Å². The van der Waals surface area contributed by atoms with E-state index in [1.165, 1.54) is 17.0 Å². The Bertz CT molecular complexity index is 1620. The summed E-state index contributed by atoms with van der Waals surface area (Å²) in [5.41, 5.74) is 3.62. The van der Waals surface area contributed by atoms with Crippen LogP contribution in [0.4, 0.5) is 10.5 Å². The Balaban J connectivity index is 1.55. The molecular formula is C31H35ClN4O9. The number of aliphatic hydroxyl groups excluding tert-OH is 2. The van der Waals surface area contributed by atoms with Crippen LogP contribution in [0.2, 0.25) is 5.02 Å². The molecule has 0 aliphatic heterocycles.